The van der Waals surface area contributed by atoms with Crippen LogP contribution in [0.4, 0.5) is 0 Å². The third-order valence-corrected chi connectivity index (χ3v) is 11.3. The summed E-state index contributed by atoms with van der Waals surface area (Å²) in [5.74, 6) is -0.805. The Bertz CT molecular complexity index is 969. The number of allylic oxidation sites excluding steroid dienone is 2. The van der Waals surface area contributed by atoms with Gasteiger partial charge in [-0.25, -0.2) is 4.57 Å². The number of rotatable bonds is 43. The molecule has 0 bridgehead atoms. The molecule has 0 saturated heterocycles. The number of carbonyl (C=O) groups is 2. The van der Waals surface area contributed by atoms with Gasteiger partial charge in [0.1, 0.15) is 19.8 Å². The highest BCUT2D eigenvalue weighted by Gasteiger charge is 2.27. The first-order valence-corrected chi connectivity index (χ1v) is 24.9. The molecule has 1 unspecified atom stereocenters. The second-order valence-electron chi connectivity index (χ2n) is 17.1. The van der Waals surface area contributed by atoms with Crippen molar-refractivity contribution in [2.75, 3.05) is 47.5 Å². The Balaban J connectivity index is 4.31. The Kier molecular flexibility index (Phi) is 38.3. The summed E-state index contributed by atoms with van der Waals surface area (Å²) in [6, 6.07) is 0. The van der Waals surface area contributed by atoms with Crippen molar-refractivity contribution in [1.82, 2.24) is 0 Å². The van der Waals surface area contributed by atoms with Crippen molar-refractivity contribution in [3.8, 4) is 0 Å². The summed E-state index contributed by atoms with van der Waals surface area (Å²) in [5.41, 5.74) is 0. The van der Waals surface area contributed by atoms with E-state index in [9.17, 15) is 19.0 Å². The molecule has 2 atom stereocenters. The number of phosphoric ester groups is 1. The second-order valence-corrected chi connectivity index (χ2v) is 18.6. The minimum absolute atomic E-state index is 0.0328. The fourth-order valence-electron chi connectivity index (χ4n) is 6.60. The lowest BCUT2D eigenvalue weighted by Gasteiger charge is -2.24. The zero-order valence-electron chi connectivity index (χ0n) is 37.4. The maximum absolute atomic E-state index is 12.7. The van der Waals surface area contributed by atoms with Crippen LogP contribution in [0.3, 0.4) is 0 Å². The normalized spacial score (nSPS) is 13.6. The van der Waals surface area contributed by atoms with Crippen LogP contribution >= 0.6 is 7.82 Å². The predicted molar refractivity (Wildman–Crippen MR) is 234 cm³/mol. The first-order valence-electron chi connectivity index (χ1n) is 23.4. The molecule has 0 aliphatic heterocycles. The fourth-order valence-corrected chi connectivity index (χ4v) is 7.34. The number of carbonyl (C=O) groups excluding carboxylic acids is 2. The Morgan fingerprint density at radius 3 is 1.34 bits per heavy atom. The molecule has 0 aliphatic carbocycles. The van der Waals surface area contributed by atoms with E-state index in [1.54, 1.807) is 0 Å². The van der Waals surface area contributed by atoms with Crippen LogP contribution in [0.2, 0.25) is 0 Å². The molecule has 0 amide bonds. The third kappa shape index (κ3) is 42.4. The van der Waals surface area contributed by atoms with Crippen molar-refractivity contribution < 1.29 is 42.1 Å². The molecule has 0 aliphatic rings. The van der Waals surface area contributed by atoms with E-state index in [0.717, 1.165) is 44.9 Å². The van der Waals surface area contributed by atoms with E-state index in [0.29, 0.717) is 17.4 Å². The number of unbranched alkanes of at least 4 members (excludes halogenated alkanes) is 27. The molecule has 9 nitrogen and oxygen atoms in total. The molecule has 1 N–H and O–H groups in total. The summed E-state index contributed by atoms with van der Waals surface area (Å²) in [6.45, 7) is 4.44. The molecular formula is C46H91NO8P+. The monoisotopic (exact) mass is 817 g/mol. The second kappa shape index (κ2) is 39.2. The molecule has 10 heteroatoms. The van der Waals surface area contributed by atoms with Gasteiger partial charge in [0.15, 0.2) is 6.10 Å². The van der Waals surface area contributed by atoms with Crippen LogP contribution in [0.5, 0.6) is 0 Å². The van der Waals surface area contributed by atoms with Crippen molar-refractivity contribution >= 4 is 19.8 Å². The van der Waals surface area contributed by atoms with Gasteiger partial charge in [0.25, 0.3) is 0 Å². The van der Waals surface area contributed by atoms with Crippen LogP contribution in [-0.2, 0) is 32.7 Å². The molecule has 0 heterocycles. The topological polar surface area (TPSA) is 108 Å². The summed E-state index contributed by atoms with van der Waals surface area (Å²) in [7, 11) is 1.48. The SMILES string of the molecule is CCCCCCCCCC/C=C/CCCCCC(=O)OC[C@H](COP(=O)(O)OCC[N+](C)(C)C)OC(=O)CCCCCCCCCCCCCCCCCCC. The molecule has 0 radical (unpaired) electrons. The van der Waals surface area contributed by atoms with E-state index in [-0.39, 0.29) is 32.0 Å². The quantitative estimate of drug-likeness (QED) is 0.0213. The number of phosphoric acid groups is 1. The van der Waals surface area contributed by atoms with Crippen molar-refractivity contribution in [1.29, 1.82) is 0 Å². The lowest BCUT2D eigenvalue weighted by Crippen LogP contribution is -2.37. The predicted octanol–water partition coefficient (Wildman–Crippen LogP) is 13.4. The van der Waals surface area contributed by atoms with Gasteiger partial charge >= 0.3 is 19.8 Å². The summed E-state index contributed by atoms with van der Waals surface area (Å²) in [4.78, 5) is 35.4. The van der Waals surface area contributed by atoms with Crippen molar-refractivity contribution in [3.05, 3.63) is 12.2 Å². The summed E-state index contributed by atoms with van der Waals surface area (Å²) in [6.07, 6.45) is 41.1. The zero-order chi connectivity index (χ0) is 41.4. The zero-order valence-corrected chi connectivity index (χ0v) is 38.3. The molecule has 0 spiro atoms. The van der Waals surface area contributed by atoms with E-state index >= 15 is 0 Å². The largest absolute Gasteiger partial charge is 0.472 e. The maximum Gasteiger partial charge on any atom is 0.472 e. The molecule has 0 fully saturated rings. The van der Waals surface area contributed by atoms with E-state index in [1.165, 1.54) is 141 Å². The lowest BCUT2D eigenvalue weighted by molar-refractivity contribution is -0.870. The highest BCUT2D eigenvalue weighted by Crippen LogP contribution is 2.43. The van der Waals surface area contributed by atoms with Crippen molar-refractivity contribution in [3.63, 3.8) is 0 Å². The molecule has 56 heavy (non-hydrogen) atoms. The fraction of sp³-hybridized carbons (Fsp3) is 0.913. The minimum atomic E-state index is -4.37. The van der Waals surface area contributed by atoms with Crippen LogP contribution in [-0.4, -0.2) is 74.9 Å². The van der Waals surface area contributed by atoms with E-state index in [1.807, 2.05) is 21.1 Å². The number of hydrogen-bond acceptors (Lipinski definition) is 7. The summed E-state index contributed by atoms with van der Waals surface area (Å²) >= 11 is 0. The first kappa shape index (κ1) is 54.8. The van der Waals surface area contributed by atoms with Gasteiger partial charge < -0.3 is 18.9 Å². The van der Waals surface area contributed by atoms with Gasteiger partial charge in [-0.1, -0.05) is 180 Å². The Hall–Kier alpha value is -1.25. The third-order valence-electron chi connectivity index (χ3n) is 10.3. The molecule has 0 aromatic heterocycles. The van der Waals surface area contributed by atoms with Gasteiger partial charge in [-0.05, 0) is 38.5 Å². The van der Waals surface area contributed by atoms with Gasteiger partial charge in [-0.3, -0.25) is 18.6 Å². The van der Waals surface area contributed by atoms with Gasteiger partial charge in [0, 0.05) is 12.8 Å². The van der Waals surface area contributed by atoms with E-state index in [4.69, 9.17) is 18.5 Å². The molecular weight excluding hydrogens is 725 g/mol. The van der Waals surface area contributed by atoms with Gasteiger partial charge in [-0.15, -0.1) is 0 Å². The van der Waals surface area contributed by atoms with E-state index in [2.05, 4.69) is 26.0 Å². The number of likely N-dealkylation sites (N-methyl/N-ethyl adjacent to an activating group) is 1. The van der Waals surface area contributed by atoms with Crippen molar-refractivity contribution in [2.45, 2.75) is 225 Å². The van der Waals surface area contributed by atoms with Gasteiger partial charge in [0.05, 0.1) is 27.7 Å². The van der Waals surface area contributed by atoms with Crippen LogP contribution in [0.15, 0.2) is 12.2 Å². The number of nitrogens with zero attached hydrogens (tertiary/aromatic N) is 1. The van der Waals surface area contributed by atoms with Gasteiger partial charge in [-0.2, -0.15) is 0 Å². The number of hydrogen-bond donors (Lipinski definition) is 1. The highest BCUT2D eigenvalue weighted by atomic mass is 31.2. The highest BCUT2D eigenvalue weighted by molar-refractivity contribution is 7.47. The summed E-state index contributed by atoms with van der Waals surface area (Å²) < 4.78 is 34.3. The average molecular weight is 817 g/mol. The molecule has 0 aromatic rings. The van der Waals surface area contributed by atoms with Crippen LogP contribution in [0.1, 0.15) is 219 Å². The van der Waals surface area contributed by atoms with Crippen LogP contribution in [0.25, 0.3) is 0 Å². The molecule has 0 saturated carbocycles. The maximum atomic E-state index is 12.7. The average Bonchev–Trinajstić information content (AvgIpc) is 3.15. The Morgan fingerprint density at radius 2 is 0.911 bits per heavy atom. The number of ether oxygens (including phenoxy) is 2. The van der Waals surface area contributed by atoms with Gasteiger partial charge in [0.2, 0.25) is 0 Å². The minimum Gasteiger partial charge on any atom is -0.462 e. The lowest BCUT2D eigenvalue weighted by atomic mass is 10.0. The molecule has 0 aromatic carbocycles. The van der Waals surface area contributed by atoms with Crippen LogP contribution < -0.4 is 0 Å². The molecule has 332 valence electrons. The smallest absolute Gasteiger partial charge is 0.462 e. The Labute approximate surface area is 346 Å². The standard InChI is InChI=1S/C46H90NO8P/c1-6-8-10-12-14-16-18-20-22-23-25-27-29-31-33-35-37-39-46(49)55-44(43-54-56(50,51)53-41-40-47(3,4)5)42-52-45(48)38-36-34-32-30-28-26-24-21-19-17-15-13-11-9-7-2/h26,28,44H,6-25,27,29-43H2,1-5H3/p+1/b28-26+/t44-/m1/s1. The number of esters is 2. The van der Waals surface area contributed by atoms with E-state index < -0.39 is 26.5 Å². The Morgan fingerprint density at radius 1 is 0.536 bits per heavy atom. The number of quaternary nitrogens is 1. The van der Waals surface area contributed by atoms with Crippen molar-refractivity contribution in [2.24, 2.45) is 0 Å². The first-order chi connectivity index (χ1) is 27.0. The molecule has 0 rings (SSSR count). The van der Waals surface area contributed by atoms with Crippen LogP contribution in [0, 0.1) is 0 Å². The summed E-state index contributed by atoms with van der Waals surface area (Å²) in [5, 5.41) is 0.